The quantitative estimate of drug-likeness (QED) is 0.742. The molecule has 18 heavy (non-hydrogen) atoms. The third-order valence-corrected chi connectivity index (χ3v) is 4.35. The molecular weight excluding hydrogens is 362 g/mol. The molecule has 0 bridgehead atoms. The van der Waals surface area contributed by atoms with E-state index in [0.29, 0.717) is 6.42 Å². The molecule has 0 spiro atoms. The number of allylic oxidation sites excluding steroid dienone is 1. The minimum Gasteiger partial charge on any atom is -0.497 e. The van der Waals surface area contributed by atoms with Crippen LogP contribution >= 0.6 is 31.9 Å². The van der Waals surface area contributed by atoms with E-state index < -0.39 is 0 Å². The predicted molar refractivity (Wildman–Crippen MR) is 78.8 cm³/mol. The Kier molecular flexibility index (Phi) is 4.12. The zero-order chi connectivity index (χ0) is 13.3. The summed E-state index contributed by atoms with van der Waals surface area (Å²) in [5, 5.41) is 0. The van der Waals surface area contributed by atoms with Crippen molar-refractivity contribution in [1.29, 1.82) is 0 Å². The lowest BCUT2D eigenvalue weighted by Gasteiger charge is -2.28. The number of alkyl halides is 1. The van der Waals surface area contributed by atoms with E-state index in [1.165, 1.54) is 0 Å². The lowest BCUT2D eigenvalue weighted by molar-refractivity contribution is -0.126. The first-order chi connectivity index (χ1) is 8.54. The molecule has 2 rings (SSSR count). The van der Waals surface area contributed by atoms with Crippen molar-refractivity contribution in [3.8, 4) is 5.75 Å². The van der Waals surface area contributed by atoms with Gasteiger partial charge >= 0.3 is 0 Å². The van der Waals surface area contributed by atoms with Gasteiger partial charge in [0.2, 0.25) is 5.91 Å². The highest BCUT2D eigenvalue weighted by Crippen LogP contribution is 2.33. The first-order valence-electron chi connectivity index (χ1n) is 5.50. The maximum absolute atomic E-state index is 11.9. The highest BCUT2D eigenvalue weighted by atomic mass is 79.9. The maximum atomic E-state index is 11.9. The Bertz CT molecular complexity index is 514. The summed E-state index contributed by atoms with van der Waals surface area (Å²) in [7, 11) is 3.42. The van der Waals surface area contributed by atoms with Crippen molar-refractivity contribution < 1.29 is 9.53 Å². The van der Waals surface area contributed by atoms with Gasteiger partial charge in [0.25, 0.3) is 0 Å². The molecule has 0 aromatic heterocycles. The van der Waals surface area contributed by atoms with E-state index in [2.05, 4.69) is 37.9 Å². The number of hydrogen-bond donors (Lipinski definition) is 0. The van der Waals surface area contributed by atoms with Crippen LogP contribution < -0.4 is 4.74 Å². The van der Waals surface area contributed by atoms with Gasteiger partial charge in [-0.25, -0.2) is 0 Å². The molecule has 5 heteroatoms. The largest absolute Gasteiger partial charge is 0.497 e. The van der Waals surface area contributed by atoms with Gasteiger partial charge in [-0.1, -0.05) is 22.0 Å². The van der Waals surface area contributed by atoms with Crippen LogP contribution in [0.5, 0.6) is 5.75 Å². The Morgan fingerprint density at radius 1 is 1.44 bits per heavy atom. The van der Waals surface area contributed by atoms with Crippen molar-refractivity contribution in [2.45, 2.75) is 11.2 Å². The molecular formula is C13H13Br2NO2. The van der Waals surface area contributed by atoms with Crippen LogP contribution in [-0.2, 0) is 4.79 Å². The van der Waals surface area contributed by atoms with Crippen LogP contribution in [0.3, 0.4) is 0 Å². The molecule has 1 aromatic rings. The van der Waals surface area contributed by atoms with Crippen LogP contribution in [0, 0.1) is 0 Å². The fourth-order valence-corrected chi connectivity index (χ4v) is 2.96. The van der Waals surface area contributed by atoms with E-state index in [1.807, 2.05) is 18.2 Å². The number of halogens is 2. The molecule has 3 nitrogen and oxygen atoms in total. The number of carbonyl (C=O) groups excluding carboxylic acids is 1. The molecule has 0 saturated carbocycles. The van der Waals surface area contributed by atoms with Gasteiger partial charge in [-0.05, 0) is 40.5 Å². The highest BCUT2D eigenvalue weighted by molar-refractivity contribution is 9.10. The molecule has 1 aliphatic heterocycles. The Balaban J connectivity index is 2.40. The first-order valence-corrected chi connectivity index (χ1v) is 7.21. The van der Waals surface area contributed by atoms with Crippen molar-refractivity contribution in [3.05, 3.63) is 34.3 Å². The molecule has 1 aliphatic rings. The fourth-order valence-electron chi connectivity index (χ4n) is 1.90. The first kappa shape index (κ1) is 13.6. The van der Waals surface area contributed by atoms with Crippen molar-refractivity contribution in [2.24, 2.45) is 0 Å². The summed E-state index contributed by atoms with van der Waals surface area (Å²) in [6.07, 6.45) is 2.77. The summed E-state index contributed by atoms with van der Waals surface area (Å²) in [6, 6.07) is 5.74. The average molecular weight is 375 g/mol. The number of methoxy groups -OCH3 is 1. The molecule has 1 unspecified atom stereocenters. The number of benzene rings is 1. The second-order valence-corrected chi connectivity index (χ2v) is 6.00. The second kappa shape index (κ2) is 5.45. The van der Waals surface area contributed by atoms with Crippen LogP contribution in [0.25, 0.3) is 5.70 Å². The van der Waals surface area contributed by atoms with Crippen molar-refractivity contribution >= 4 is 43.5 Å². The molecule has 1 heterocycles. The summed E-state index contributed by atoms with van der Waals surface area (Å²) < 4.78 is 6.08. The van der Waals surface area contributed by atoms with E-state index in [4.69, 9.17) is 4.74 Å². The van der Waals surface area contributed by atoms with Gasteiger partial charge in [0.1, 0.15) is 5.75 Å². The summed E-state index contributed by atoms with van der Waals surface area (Å²) >= 11 is 6.88. The number of amides is 1. The Labute approximate surface area is 123 Å². The predicted octanol–water partition coefficient (Wildman–Crippen LogP) is 3.42. The van der Waals surface area contributed by atoms with Gasteiger partial charge in [-0.3, -0.25) is 4.79 Å². The van der Waals surface area contributed by atoms with Crippen LogP contribution in [0.15, 0.2) is 28.7 Å². The van der Waals surface area contributed by atoms with Gasteiger partial charge in [0.05, 0.1) is 11.9 Å². The zero-order valence-corrected chi connectivity index (χ0v) is 13.3. The molecule has 0 N–H and O–H groups in total. The maximum Gasteiger partial charge on any atom is 0.240 e. The van der Waals surface area contributed by atoms with E-state index in [-0.39, 0.29) is 10.7 Å². The summed E-state index contributed by atoms with van der Waals surface area (Å²) in [6.45, 7) is 0. The minimum absolute atomic E-state index is 0.0789. The lowest BCUT2D eigenvalue weighted by Crippen LogP contribution is -2.35. The minimum atomic E-state index is -0.122. The molecule has 0 saturated heterocycles. The molecule has 96 valence electrons. The van der Waals surface area contributed by atoms with Crippen LogP contribution in [0.4, 0.5) is 0 Å². The monoisotopic (exact) mass is 373 g/mol. The number of hydrogen-bond acceptors (Lipinski definition) is 2. The Morgan fingerprint density at radius 2 is 2.17 bits per heavy atom. The van der Waals surface area contributed by atoms with Gasteiger partial charge in [0, 0.05) is 22.8 Å². The number of ether oxygens (including phenoxy) is 1. The van der Waals surface area contributed by atoms with Gasteiger partial charge in [0.15, 0.2) is 0 Å². The van der Waals surface area contributed by atoms with E-state index in [0.717, 1.165) is 21.5 Å². The standard InChI is InChI=1S/C13H13Br2NO2/c1-16-12(6-5-10(14)13(16)17)9-4-3-8(18-2)7-11(9)15/h3-4,6-7,10H,5H2,1-2H3. The SMILES string of the molecule is COc1ccc(C2=CCC(Br)C(=O)N2C)c(Br)c1. The number of nitrogens with zero attached hydrogens (tertiary/aromatic N) is 1. The molecule has 0 fully saturated rings. The van der Waals surface area contributed by atoms with Gasteiger partial charge in [-0.2, -0.15) is 0 Å². The topological polar surface area (TPSA) is 29.5 Å². The average Bonchev–Trinajstić information content (AvgIpc) is 2.37. The normalized spacial score (nSPS) is 19.8. The van der Waals surface area contributed by atoms with E-state index >= 15 is 0 Å². The van der Waals surface area contributed by atoms with Crippen molar-refractivity contribution in [3.63, 3.8) is 0 Å². The summed E-state index contributed by atoms with van der Waals surface area (Å²) in [5.41, 5.74) is 1.91. The number of carbonyl (C=O) groups is 1. The smallest absolute Gasteiger partial charge is 0.240 e. The summed E-state index contributed by atoms with van der Waals surface area (Å²) in [5.74, 6) is 0.865. The second-order valence-electron chi connectivity index (χ2n) is 4.04. The lowest BCUT2D eigenvalue weighted by atomic mass is 10.0. The fraction of sp³-hybridized carbons (Fsp3) is 0.308. The third kappa shape index (κ3) is 2.47. The van der Waals surface area contributed by atoms with Gasteiger partial charge in [-0.15, -0.1) is 0 Å². The Hall–Kier alpha value is -0.810. The number of rotatable bonds is 2. The van der Waals surface area contributed by atoms with Crippen molar-refractivity contribution in [2.75, 3.05) is 14.2 Å². The van der Waals surface area contributed by atoms with E-state index in [1.54, 1.807) is 19.1 Å². The van der Waals surface area contributed by atoms with Crippen LogP contribution in [0.1, 0.15) is 12.0 Å². The van der Waals surface area contributed by atoms with Crippen LogP contribution in [-0.4, -0.2) is 29.8 Å². The van der Waals surface area contributed by atoms with Gasteiger partial charge < -0.3 is 9.64 Å². The third-order valence-electron chi connectivity index (χ3n) is 2.93. The van der Waals surface area contributed by atoms with E-state index in [9.17, 15) is 4.79 Å². The Morgan fingerprint density at radius 3 is 2.78 bits per heavy atom. The van der Waals surface area contributed by atoms with Crippen LogP contribution in [0.2, 0.25) is 0 Å². The summed E-state index contributed by atoms with van der Waals surface area (Å²) in [4.78, 5) is 13.5. The molecule has 1 atom stereocenters. The molecule has 1 aromatic carbocycles. The molecule has 0 radical (unpaired) electrons. The highest BCUT2D eigenvalue weighted by Gasteiger charge is 2.27. The molecule has 0 aliphatic carbocycles. The van der Waals surface area contributed by atoms with Crippen molar-refractivity contribution in [1.82, 2.24) is 4.90 Å². The molecule has 1 amide bonds. The zero-order valence-electron chi connectivity index (χ0n) is 10.1.